The van der Waals surface area contributed by atoms with Crippen LogP contribution in [0, 0.1) is 0 Å². The second kappa shape index (κ2) is 12.7. The molecular weight excluding hydrogens is 576 g/mol. The molecule has 5 rings (SSSR count). The van der Waals surface area contributed by atoms with E-state index in [1.807, 2.05) is 57.2 Å². The number of carbonyl (C=O) groups excluding carboxylic acids is 1. The Morgan fingerprint density at radius 2 is 1.84 bits per heavy atom. The molecule has 0 aliphatic heterocycles. The van der Waals surface area contributed by atoms with Crippen molar-refractivity contribution >= 4 is 38.0 Å². The molecule has 1 aliphatic carbocycles. The van der Waals surface area contributed by atoms with Crippen molar-refractivity contribution in [3.63, 3.8) is 0 Å². The minimum Gasteiger partial charge on any atom is -0.490 e. The first kappa shape index (κ1) is 31.1. The van der Waals surface area contributed by atoms with Crippen LogP contribution in [0.1, 0.15) is 58.1 Å². The third-order valence-corrected chi connectivity index (χ3v) is 10.4. The molecule has 0 saturated heterocycles. The van der Waals surface area contributed by atoms with Gasteiger partial charge >= 0.3 is 0 Å². The van der Waals surface area contributed by atoms with E-state index in [9.17, 15) is 13.2 Å². The van der Waals surface area contributed by atoms with Crippen LogP contribution in [-0.4, -0.2) is 37.3 Å². The molecule has 1 heterocycles. The summed E-state index contributed by atoms with van der Waals surface area (Å²) in [5, 5.41) is 7.78. The zero-order valence-corrected chi connectivity index (χ0v) is 26.4. The number of hydrogen-bond donors (Lipinski definition) is 3. The van der Waals surface area contributed by atoms with Crippen molar-refractivity contribution in [3.8, 4) is 11.5 Å². The van der Waals surface area contributed by atoms with E-state index in [-0.39, 0.29) is 28.7 Å². The molecule has 4 aromatic rings. The third-order valence-electron chi connectivity index (χ3n) is 8.04. The normalized spacial score (nSPS) is 14.9. The number of anilines is 2. The Morgan fingerprint density at radius 1 is 1.07 bits per heavy atom. The van der Waals surface area contributed by atoms with Gasteiger partial charge in [0, 0.05) is 23.8 Å². The van der Waals surface area contributed by atoms with Gasteiger partial charge in [-0.15, -0.1) is 0 Å². The number of nitrogens with two attached hydrogens (primary N) is 1. The lowest BCUT2D eigenvalue weighted by Gasteiger charge is -2.32. The number of hydrogen-bond acceptors (Lipinski definition) is 8. The third kappa shape index (κ3) is 6.31. The minimum absolute atomic E-state index is 0.0466. The smallest absolute Gasteiger partial charge is 0.250 e. The van der Waals surface area contributed by atoms with Crippen LogP contribution < -0.4 is 25.8 Å². The van der Waals surface area contributed by atoms with Crippen molar-refractivity contribution in [2.75, 3.05) is 17.7 Å². The van der Waals surface area contributed by atoms with Crippen LogP contribution in [-0.2, 0) is 26.7 Å². The summed E-state index contributed by atoms with van der Waals surface area (Å²) in [7, 11) is -3.48. The highest BCUT2D eigenvalue weighted by molar-refractivity contribution is 7.92. The predicted octanol–water partition coefficient (Wildman–Crippen LogP) is 5.97. The molecule has 0 bridgehead atoms. The molecule has 1 aliphatic rings. The maximum atomic E-state index is 14.2. The molecule has 1 atom stereocenters. The molecule has 1 amide bonds. The van der Waals surface area contributed by atoms with Gasteiger partial charge in [-0.05, 0) is 99.5 Å². The van der Waals surface area contributed by atoms with E-state index in [1.165, 1.54) is 0 Å². The van der Waals surface area contributed by atoms with Gasteiger partial charge in [0.15, 0.2) is 21.3 Å². The van der Waals surface area contributed by atoms with Crippen LogP contribution in [0.4, 0.5) is 11.5 Å². The van der Waals surface area contributed by atoms with Gasteiger partial charge < -0.3 is 25.8 Å². The zero-order valence-electron chi connectivity index (χ0n) is 25.6. The monoisotopic (exact) mass is 616 g/mol. The van der Waals surface area contributed by atoms with Gasteiger partial charge in [0.2, 0.25) is 5.91 Å². The van der Waals surface area contributed by atoms with E-state index in [4.69, 9.17) is 15.2 Å². The number of sulfone groups is 1. The number of nitrogen functional groups attached to an aromatic ring is 1. The van der Waals surface area contributed by atoms with E-state index in [1.54, 1.807) is 43.5 Å². The predicted molar refractivity (Wildman–Crippen MR) is 174 cm³/mol. The summed E-state index contributed by atoms with van der Waals surface area (Å²) in [6.45, 7) is 8.02. The number of carbonyl (C=O) groups is 1. The summed E-state index contributed by atoms with van der Waals surface area (Å²) in [6.07, 6.45) is 3.82. The van der Waals surface area contributed by atoms with Crippen molar-refractivity contribution in [2.24, 2.45) is 0 Å². The summed E-state index contributed by atoms with van der Waals surface area (Å²) in [5.41, 5.74) is 6.66. The van der Waals surface area contributed by atoms with Gasteiger partial charge in [0.25, 0.3) is 0 Å². The van der Waals surface area contributed by atoms with Gasteiger partial charge in [-0.25, -0.2) is 13.4 Å². The van der Waals surface area contributed by atoms with Crippen LogP contribution in [0.3, 0.4) is 0 Å². The van der Waals surface area contributed by atoms with Gasteiger partial charge in [0.05, 0.1) is 22.9 Å². The van der Waals surface area contributed by atoms with Crippen molar-refractivity contribution < 1.29 is 22.7 Å². The van der Waals surface area contributed by atoms with Gasteiger partial charge in [0.1, 0.15) is 11.4 Å². The Hall–Kier alpha value is -4.31. The summed E-state index contributed by atoms with van der Waals surface area (Å²) in [4.78, 5) is 18.7. The lowest BCUT2D eigenvalue weighted by atomic mass is 9.89. The van der Waals surface area contributed by atoms with E-state index in [0.717, 1.165) is 17.2 Å². The maximum absolute atomic E-state index is 14.2. The lowest BCUT2D eigenvalue weighted by Crippen LogP contribution is -2.47. The Kier molecular flexibility index (Phi) is 9.01. The molecule has 9 nitrogen and oxygen atoms in total. The average molecular weight is 617 g/mol. The molecule has 232 valence electrons. The van der Waals surface area contributed by atoms with E-state index >= 15 is 0 Å². The lowest BCUT2D eigenvalue weighted by molar-refractivity contribution is -0.125. The van der Waals surface area contributed by atoms with Crippen molar-refractivity contribution in [3.05, 3.63) is 84.1 Å². The first-order valence-electron chi connectivity index (χ1n) is 15.0. The number of pyridine rings is 1. The standard InChI is InChI=1S/C34H40N4O5S/c1-5-42-30-20-25(13-16-29(30)43-22(2)3)34(4,38-26-14-15-28-23(19-26)17-18-36-32(28)35)33(39)37-21-24-9-6-7-12-31(24)44(40,41)27-10-8-11-27/h6-7,9,12-20,22,27,38H,5,8,10-11,21H2,1-4H3,(H2,35,36)(H,37,39). The van der Waals surface area contributed by atoms with Gasteiger partial charge in [-0.1, -0.05) is 30.7 Å². The average Bonchev–Trinajstić information content (AvgIpc) is 2.95. The fourth-order valence-corrected chi connectivity index (χ4v) is 7.49. The fraction of sp³-hybridized carbons (Fsp3) is 0.353. The topological polar surface area (TPSA) is 133 Å². The number of nitrogens with zero attached hydrogens (tertiary/aromatic N) is 1. The second-order valence-corrected chi connectivity index (χ2v) is 13.7. The van der Waals surface area contributed by atoms with Crippen LogP contribution >= 0.6 is 0 Å². The number of amides is 1. The van der Waals surface area contributed by atoms with Crippen LogP contribution in [0.2, 0.25) is 0 Å². The Labute approximate surface area is 259 Å². The number of benzene rings is 3. The van der Waals surface area contributed by atoms with Crippen molar-refractivity contribution in [1.82, 2.24) is 10.3 Å². The Bertz CT molecular complexity index is 1770. The molecule has 4 N–H and O–H groups in total. The molecular formula is C34H40N4O5S. The largest absolute Gasteiger partial charge is 0.490 e. The van der Waals surface area contributed by atoms with Gasteiger partial charge in [-0.3, -0.25) is 4.79 Å². The molecule has 3 aromatic carbocycles. The Morgan fingerprint density at radius 3 is 2.55 bits per heavy atom. The summed E-state index contributed by atoms with van der Waals surface area (Å²) in [6, 6.07) is 19.8. The molecule has 44 heavy (non-hydrogen) atoms. The first-order valence-corrected chi connectivity index (χ1v) is 16.5. The molecule has 1 unspecified atom stereocenters. The molecule has 1 saturated carbocycles. The zero-order chi connectivity index (χ0) is 31.5. The van der Waals surface area contributed by atoms with Crippen molar-refractivity contribution in [2.45, 2.75) is 75.3 Å². The first-order chi connectivity index (χ1) is 21.0. The highest BCUT2D eigenvalue weighted by Crippen LogP contribution is 2.37. The van der Waals surface area contributed by atoms with E-state index < -0.39 is 15.4 Å². The molecule has 1 aromatic heterocycles. The molecule has 0 radical (unpaired) electrons. The maximum Gasteiger partial charge on any atom is 0.250 e. The number of nitrogens with one attached hydrogen (secondary N) is 2. The Balaban J connectivity index is 1.51. The SMILES string of the molecule is CCOc1cc(C(C)(Nc2ccc3c(N)nccc3c2)C(=O)NCc2ccccc2S(=O)(=O)C2CCC2)ccc1OC(C)C. The number of aromatic nitrogens is 1. The van der Waals surface area contributed by atoms with Crippen molar-refractivity contribution in [1.29, 1.82) is 0 Å². The quantitative estimate of drug-likeness (QED) is 0.177. The number of fused-ring (bicyclic) bond motifs is 1. The number of rotatable bonds is 12. The summed E-state index contributed by atoms with van der Waals surface area (Å²) in [5.74, 6) is 1.18. The number of ether oxygens (including phenoxy) is 2. The van der Waals surface area contributed by atoms with Gasteiger partial charge in [-0.2, -0.15) is 0 Å². The van der Waals surface area contributed by atoms with Crippen LogP contribution in [0.15, 0.2) is 77.8 Å². The van der Waals surface area contributed by atoms with Crippen LogP contribution in [0.5, 0.6) is 11.5 Å². The highest BCUT2D eigenvalue weighted by atomic mass is 32.2. The molecule has 1 fully saturated rings. The summed E-state index contributed by atoms with van der Waals surface area (Å²) < 4.78 is 38.5. The minimum atomic E-state index is -3.48. The van der Waals surface area contributed by atoms with Crippen LogP contribution in [0.25, 0.3) is 10.8 Å². The second-order valence-electron chi connectivity index (χ2n) is 11.5. The van der Waals surface area contributed by atoms with E-state index in [0.29, 0.717) is 53.6 Å². The molecule has 10 heteroatoms. The summed E-state index contributed by atoms with van der Waals surface area (Å²) >= 11 is 0. The highest BCUT2D eigenvalue weighted by Gasteiger charge is 2.37. The van der Waals surface area contributed by atoms with E-state index in [2.05, 4.69) is 15.6 Å². The molecule has 0 spiro atoms. The fourth-order valence-electron chi connectivity index (χ4n) is 5.41.